The summed E-state index contributed by atoms with van der Waals surface area (Å²) in [6.07, 6.45) is 3.65. The van der Waals surface area contributed by atoms with Gasteiger partial charge in [0.05, 0.1) is 6.54 Å². The van der Waals surface area contributed by atoms with Crippen molar-refractivity contribution in [2.75, 3.05) is 20.6 Å². The maximum Gasteiger partial charge on any atom is 0.236 e. The number of carbonyl (C=O) groups excluding carboxylic acids is 1. The van der Waals surface area contributed by atoms with Gasteiger partial charge in [-0.15, -0.1) is 0 Å². The number of rotatable bonds is 8. The average molecular weight is 263 g/mol. The van der Waals surface area contributed by atoms with E-state index in [2.05, 4.69) is 19.0 Å². The topological polar surface area (TPSA) is 49.6 Å². The highest BCUT2D eigenvalue weighted by Gasteiger charge is 2.09. The predicted octanol–water partition coefficient (Wildman–Crippen LogP) is 2.01. The van der Waals surface area contributed by atoms with Gasteiger partial charge in [-0.3, -0.25) is 9.80 Å². The normalized spacial score (nSPS) is 10.7. The summed E-state index contributed by atoms with van der Waals surface area (Å²) in [4.78, 5) is 14.0. The van der Waals surface area contributed by atoms with Crippen LogP contribution < -0.4 is 5.84 Å². The van der Waals surface area contributed by atoms with Crippen LogP contribution in [-0.4, -0.2) is 36.5 Å². The number of hydrogen-bond acceptors (Lipinski definition) is 3. The molecule has 1 aromatic carbocycles. The Kier molecular flexibility index (Phi) is 7.15. The molecule has 0 radical (unpaired) electrons. The molecule has 0 saturated heterocycles. The summed E-state index contributed by atoms with van der Waals surface area (Å²) in [5, 5.41) is 1.32. The van der Waals surface area contributed by atoms with E-state index < -0.39 is 0 Å². The Morgan fingerprint density at radius 2 is 1.79 bits per heavy atom. The quantitative estimate of drug-likeness (QED) is 0.338. The van der Waals surface area contributed by atoms with Crippen molar-refractivity contribution in [3.8, 4) is 0 Å². The molecule has 0 unspecified atom stereocenters. The van der Waals surface area contributed by atoms with E-state index in [1.165, 1.54) is 5.01 Å². The molecule has 4 nitrogen and oxygen atoms in total. The molecule has 19 heavy (non-hydrogen) atoms. The number of nitrogens with two attached hydrogens (primary N) is 1. The van der Waals surface area contributed by atoms with Crippen LogP contribution in [0.1, 0.15) is 31.2 Å². The summed E-state index contributed by atoms with van der Waals surface area (Å²) in [6.45, 7) is 1.56. The van der Waals surface area contributed by atoms with Gasteiger partial charge in [0.1, 0.15) is 0 Å². The number of unbranched alkanes of at least 4 members (excludes halogenated alkanes) is 2. The fourth-order valence-electron chi connectivity index (χ4n) is 1.89. The lowest BCUT2D eigenvalue weighted by atomic mass is 10.1. The SMILES string of the molecule is CN(C)CCCCCC(=O)N(N)Cc1ccccc1. The molecule has 1 rings (SSSR count). The highest BCUT2D eigenvalue weighted by Crippen LogP contribution is 2.06. The maximum absolute atomic E-state index is 11.8. The number of nitrogens with zero attached hydrogens (tertiary/aromatic N) is 2. The minimum absolute atomic E-state index is 0.0220. The van der Waals surface area contributed by atoms with Crippen LogP contribution in [-0.2, 0) is 11.3 Å². The first-order valence-electron chi connectivity index (χ1n) is 6.83. The second-order valence-corrected chi connectivity index (χ2v) is 5.12. The van der Waals surface area contributed by atoms with Crippen LogP contribution in [0.15, 0.2) is 30.3 Å². The van der Waals surface area contributed by atoms with Crippen LogP contribution in [0, 0.1) is 0 Å². The third kappa shape index (κ3) is 6.94. The molecule has 0 aliphatic carbocycles. The second kappa shape index (κ2) is 8.67. The second-order valence-electron chi connectivity index (χ2n) is 5.12. The molecule has 0 aliphatic rings. The van der Waals surface area contributed by atoms with Crippen molar-refractivity contribution in [2.45, 2.75) is 32.2 Å². The van der Waals surface area contributed by atoms with E-state index in [9.17, 15) is 4.79 Å². The lowest BCUT2D eigenvalue weighted by molar-refractivity contribution is -0.132. The van der Waals surface area contributed by atoms with Crippen molar-refractivity contribution in [3.05, 3.63) is 35.9 Å². The zero-order chi connectivity index (χ0) is 14.1. The zero-order valence-electron chi connectivity index (χ0n) is 12.0. The molecule has 0 heterocycles. The highest BCUT2D eigenvalue weighted by molar-refractivity contribution is 5.75. The van der Waals surface area contributed by atoms with Crippen LogP contribution in [0.4, 0.5) is 0 Å². The van der Waals surface area contributed by atoms with Crippen molar-refractivity contribution < 1.29 is 4.79 Å². The standard InChI is InChI=1S/C15H25N3O/c1-17(2)12-8-4-7-11-15(19)18(16)13-14-9-5-3-6-10-14/h3,5-6,9-10H,4,7-8,11-13,16H2,1-2H3. The van der Waals surface area contributed by atoms with Crippen molar-refractivity contribution in [1.29, 1.82) is 0 Å². The zero-order valence-corrected chi connectivity index (χ0v) is 12.0. The Balaban J connectivity index is 2.18. The Morgan fingerprint density at radius 1 is 1.11 bits per heavy atom. The van der Waals surface area contributed by atoms with E-state index in [-0.39, 0.29) is 5.91 Å². The molecule has 0 saturated carbocycles. The fourth-order valence-corrected chi connectivity index (χ4v) is 1.89. The van der Waals surface area contributed by atoms with Gasteiger partial charge in [0.15, 0.2) is 0 Å². The summed E-state index contributed by atoms with van der Waals surface area (Å²) in [7, 11) is 4.12. The van der Waals surface area contributed by atoms with Gasteiger partial charge in [0.2, 0.25) is 5.91 Å². The Labute approximate surface area is 116 Å². The first-order chi connectivity index (χ1) is 9.09. The number of hydrogen-bond donors (Lipinski definition) is 1. The molecule has 0 bridgehead atoms. The molecule has 4 heteroatoms. The monoisotopic (exact) mass is 263 g/mol. The first-order valence-corrected chi connectivity index (χ1v) is 6.83. The van der Waals surface area contributed by atoms with Crippen LogP contribution >= 0.6 is 0 Å². The third-order valence-electron chi connectivity index (χ3n) is 3.01. The molecule has 0 aliphatic heterocycles. The summed E-state index contributed by atoms with van der Waals surface area (Å²) in [6, 6.07) is 9.81. The largest absolute Gasteiger partial charge is 0.309 e. The third-order valence-corrected chi connectivity index (χ3v) is 3.01. The van der Waals surface area contributed by atoms with Gasteiger partial charge in [0, 0.05) is 6.42 Å². The molecule has 0 spiro atoms. The Bertz CT molecular complexity index is 365. The van der Waals surface area contributed by atoms with E-state index in [1.54, 1.807) is 0 Å². The average Bonchev–Trinajstić information content (AvgIpc) is 2.38. The van der Waals surface area contributed by atoms with Crippen LogP contribution in [0.2, 0.25) is 0 Å². The maximum atomic E-state index is 11.8. The molecule has 2 N–H and O–H groups in total. The highest BCUT2D eigenvalue weighted by atomic mass is 16.2. The van der Waals surface area contributed by atoms with Crippen LogP contribution in [0.5, 0.6) is 0 Å². The Hall–Kier alpha value is -1.39. The predicted molar refractivity (Wildman–Crippen MR) is 78.2 cm³/mol. The van der Waals surface area contributed by atoms with E-state index >= 15 is 0 Å². The molecular formula is C15H25N3O. The number of hydrazine groups is 1. The smallest absolute Gasteiger partial charge is 0.236 e. The van der Waals surface area contributed by atoms with Crippen LogP contribution in [0.3, 0.4) is 0 Å². The van der Waals surface area contributed by atoms with Gasteiger partial charge in [0.25, 0.3) is 0 Å². The molecule has 0 aromatic heterocycles. The van der Waals surface area contributed by atoms with Crippen molar-refractivity contribution in [1.82, 2.24) is 9.91 Å². The van der Waals surface area contributed by atoms with Crippen LogP contribution in [0.25, 0.3) is 0 Å². The van der Waals surface area contributed by atoms with Gasteiger partial charge in [-0.05, 0) is 39.0 Å². The Morgan fingerprint density at radius 3 is 2.42 bits per heavy atom. The van der Waals surface area contributed by atoms with Gasteiger partial charge in [-0.25, -0.2) is 5.84 Å². The molecule has 106 valence electrons. The summed E-state index contributed by atoms with van der Waals surface area (Å²) in [5.41, 5.74) is 1.06. The summed E-state index contributed by atoms with van der Waals surface area (Å²) >= 11 is 0. The lowest BCUT2D eigenvalue weighted by Gasteiger charge is -2.16. The van der Waals surface area contributed by atoms with E-state index in [1.807, 2.05) is 30.3 Å². The van der Waals surface area contributed by atoms with E-state index in [0.29, 0.717) is 13.0 Å². The van der Waals surface area contributed by atoms with Gasteiger partial charge < -0.3 is 4.90 Å². The molecule has 1 amide bonds. The number of benzene rings is 1. The number of carbonyl (C=O) groups is 1. The van der Waals surface area contributed by atoms with E-state index in [0.717, 1.165) is 31.4 Å². The molecule has 1 aromatic rings. The van der Waals surface area contributed by atoms with Crippen molar-refractivity contribution >= 4 is 5.91 Å². The minimum Gasteiger partial charge on any atom is -0.309 e. The minimum atomic E-state index is 0.0220. The van der Waals surface area contributed by atoms with Gasteiger partial charge in [-0.1, -0.05) is 36.8 Å². The molecule has 0 fully saturated rings. The lowest BCUT2D eigenvalue weighted by Crippen LogP contribution is -2.36. The number of amides is 1. The van der Waals surface area contributed by atoms with Gasteiger partial charge >= 0.3 is 0 Å². The van der Waals surface area contributed by atoms with Crippen molar-refractivity contribution in [3.63, 3.8) is 0 Å². The summed E-state index contributed by atoms with van der Waals surface area (Å²) < 4.78 is 0. The van der Waals surface area contributed by atoms with Crippen molar-refractivity contribution in [2.24, 2.45) is 5.84 Å². The van der Waals surface area contributed by atoms with Gasteiger partial charge in [-0.2, -0.15) is 0 Å². The molecular weight excluding hydrogens is 238 g/mol. The summed E-state index contributed by atoms with van der Waals surface area (Å²) in [5.74, 6) is 5.81. The van der Waals surface area contributed by atoms with E-state index in [4.69, 9.17) is 5.84 Å². The fraction of sp³-hybridized carbons (Fsp3) is 0.533. The first kappa shape index (κ1) is 15.7. The molecule has 0 atom stereocenters.